The van der Waals surface area contributed by atoms with E-state index >= 15 is 0 Å². The number of aromatic nitrogens is 2. The second-order valence-electron chi connectivity index (χ2n) is 6.82. The number of hydrogen-bond acceptors (Lipinski definition) is 5. The number of hydrogen-bond donors (Lipinski definition) is 1. The third-order valence-electron chi connectivity index (χ3n) is 4.55. The highest BCUT2D eigenvalue weighted by molar-refractivity contribution is 6.00. The fourth-order valence-corrected chi connectivity index (χ4v) is 3.08. The second kappa shape index (κ2) is 9.01. The average Bonchev–Trinajstić information content (AvgIpc) is 3.15. The zero-order valence-electron chi connectivity index (χ0n) is 16.4. The number of imidazole rings is 1. The topological polar surface area (TPSA) is 93.3 Å². The summed E-state index contributed by atoms with van der Waals surface area (Å²) in [5, 5.41) is 13.9. The van der Waals surface area contributed by atoms with E-state index in [1.54, 1.807) is 31.3 Å². The van der Waals surface area contributed by atoms with Gasteiger partial charge in [0.1, 0.15) is 5.82 Å². The molecule has 8 heteroatoms. The first kappa shape index (κ1) is 20.1. The van der Waals surface area contributed by atoms with E-state index in [9.17, 15) is 14.9 Å². The van der Waals surface area contributed by atoms with E-state index in [0.29, 0.717) is 25.2 Å². The van der Waals surface area contributed by atoms with Crippen LogP contribution in [0.3, 0.4) is 0 Å². The Kier molecular flexibility index (Phi) is 6.23. The van der Waals surface area contributed by atoms with E-state index in [4.69, 9.17) is 0 Å². The van der Waals surface area contributed by atoms with Crippen molar-refractivity contribution in [1.82, 2.24) is 14.9 Å². The molecule has 0 aliphatic heterocycles. The SMILES string of the molecule is CN(C)c1ccc([N+](=O)[O-])cc1C(=O)NCCc1nccn1Cc1ccccc1. The molecule has 3 aromatic rings. The molecule has 3 rings (SSSR count). The number of nitro groups is 1. The Labute approximate surface area is 168 Å². The molecule has 0 unspecified atom stereocenters. The predicted molar refractivity (Wildman–Crippen MR) is 111 cm³/mol. The van der Waals surface area contributed by atoms with Crippen molar-refractivity contribution < 1.29 is 9.72 Å². The summed E-state index contributed by atoms with van der Waals surface area (Å²) in [6.45, 7) is 1.08. The maximum absolute atomic E-state index is 12.7. The fourth-order valence-electron chi connectivity index (χ4n) is 3.08. The third kappa shape index (κ3) is 4.98. The second-order valence-corrected chi connectivity index (χ2v) is 6.82. The molecule has 1 amide bonds. The van der Waals surface area contributed by atoms with Crippen molar-refractivity contribution in [2.75, 3.05) is 25.5 Å². The highest BCUT2D eigenvalue weighted by Crippen LogP contribution is 2.24. The summed E-state index contributed by atoms with van der Waals surface area (Å²) in [5.41, 5.74) is 1.96. The van der Waals surface area contributed by atoms with E-state index in [1.165, 1.54) is 17.7 Å². The van der Waals surface area contributed by atoms with Gasteiger partial charge in [-0.1, -0.05) is 30.3 Å². The van der Waals surface area contributed by atoms with E-state index < -0.39 is 4.92 Å². The molecule has 0 radical (unpaired) electrons. The molecular weight excluding hydrogens is 370 g/mol. The standard InChI is InChI=1S/C21H23N5O3/c1-24(2)19-9-8-17(26(28)29)14-18(19)21(27)23-11-10-20-22-12-13-25(20)15-16-6-4-3-5-7-16/h3-9,12-14H,10-11,15H2,1-2H3,(H,23,27). The van der Waals surface area contributed by atoms with Crippen molar-refractivity contribution in [2.24, 2.45) is 0 Å². The van der Waals surface area contributed by atoms with Gasteiger partial charge in [0.05, 0.1) is 10.5 Å². The van der Waals surface area contributed by atoms with Gasteiger partial charge in [-0.3, -0.25) is 14.9 Å². The maximum atomic E-state index is 12.7. The van der Waals surface area contributed by atoms with Gasteiger partial charge in [-0.05, 0) is 11.6 Å². The lowest BCUT2D eigenvalue weighted by molar-refractivity contribution is -0.384. The average molecular weight is 393 g/mol. The number of rotatable bonds is 8. The molecule has 0 aliphatic rings. The number of nitrogens with zero attached hydrogens (tertiary/aromatic N) is 4. The van der Waals surface area contributed by atoms with Gasteiger partial charge in [0.15, 0.2) is 0 Å². The van der Waals surface area contributed by atoms with Gasteiger partial charge >= 0.3 is 0 Å². The van der Waals surface area contributed by atoms with Gasteiger partial charge in [0.25, 0.3) is 11.6 Å². The molecule has 0 aliphatic carbocycles. The van der Waals surface area contributed by atoms with Crippen LogP contribution in [0.2, 0.25) is 0 Å². The Morgan fingerprint density at radius 3 is 2.66 bits per heavy atom. The highest BCUT2D eigenvalue weighted by atomic mass is 16.6. The van der Waals surface area contributed by atoms with Crippen LogP contribution in [-0.4, -0.2) is 41.0 Å². The monoisotopic (exact) mass is 393 g/mol. The number of nitrogens with one attached hydrogen (secondary N) is 1. The fraction of sp³-hybridized carbons (Fsp3) is 0.238. The van der Waals surface area contributed by atoms with Gasteiger partial charge in [-0.15, -0.1) is 0 Å². The number of carbonyl (C=O) groups is 1. The first-order valence-electron chi connectivity index (χ1n) is 9.23. The molecule has 1 heterocycles. The molecule has 29 heavy (non-hydrogen) atoms. The molecule has 2 aromatic carbocycles. The van der Waals surface area contributed by atoms with Crippen LogP contribution in [0.15, 0.2) is 60.9 Å². The minimum absolute atomic E-state index is 0.112. The summed E-state index contributed by atoms with van der Waals surface area (Å²) in [6.07, 6.45) is 4.21. The zero-order valence-corrected chi connectivity index (χ0v) is 16.4. The molecule has 0 bridgehead atoms. The van der Waals surface area contributed by atoms with E-state index in [2.05, 4.69) is 22.4 Å². The summed E-state index contributed by atoms with van der Waals surface area (Å²) in [7, 11) is 3.58. The minimum Gasteiger partial charge on any atom is -0.377 e. The molecule has 150 valence electrons. The quantitative estimate of drug-likeness (QED) is 0.469. The molecule has 0 atom stereocenters. The third-order valence-corrected chi connectivity index (χ3v) is 4.55. The molecule has 8 nitrogen and oxygen atoms in total. The van der Waals surface area contributed by atoms with Gasteiger partial charge in [0.2, 0.25) is 0 Å². The smallest absolute Gasteiger partial charge is 0.270 e. The van der Waals surface area contributed by atoms with Gasteiger partial charge in [-0.2, -0.15) is 0 Å². The van der Waals surface area contributed by atoms with Crippen LogP contribution in [0.5, 0.6) is 0 Å². The lowest BCUT2D eigenvalue weighted by Gasteiger charge is -2.17. The normalized spacial score (nSPS) is 10.6. The van der Waals surface area contributed by atoms with Gasteiger partial charge < -0.3 is 14.8 Å². The van der Waals surface area contributed by atoms with Crippen molar-refractivity contribution >= 4 is 17.3 Å². The Balaban J connectivity index is 1.66. The van der Waals surface area contributed by atoms with Gasteiger partial charge in [0, 0.05) is 63.8 Å². The van der Waals surface area contributed by atoms with Crippen LogP contribution in [0.1, 0.15) is 21.7 Å². The Morgan fingerprint density at radius 1 is 1.21 bits per heavy atom. The first-order chi connectivity index (χ1) is 14.0. The molecule has 1 N–H and O–H groups in total. The summed E-state index contributed by atoms with van der Waals surface area (Å²) in [4.78, 5) is 29.4. The number of amides is 1. The van der Waals surface area contributed by atoms with Crippen LogP contribution in [-0.2, 0) is 13.0 Å². The van der Waals surface area contributed by atoms with Crippen molar-refractivity contribution in [3.63, 3.8) is 0 Å². The van der Waals surface area contributed by atoms with Crippen molar-refractivity contribution in [3.8, 4) is 0 Å². The van der Waals surface area contributed by atoms with Crippen molar-refractivity contribution in [1.29, 1.82) is 0 Å². The molecule has 0 saturated carbocycles. The van der Waals surface area contributed by atoms with E-state index in [-0.39, 0.29) is 17.2 Å². The Bertz CT molecular complexity index is 999. The molecule has 1 aromatic heterocycles. The molecule has 0 saturated heterocycles. The van der Waals surface area contributed by atoms with Gasteiger partial charge in [-0.25, -0.2) is 4.98 Å². The first-order valence-corrected chi connectivity index (χ1v) is 9.23. The van der Waals surface area contributed by atoms with E-state index in [0.717, 1.165) is 5.82 Å². The molecule has 0 spiro atoms. The lowest BCUT2D eigenvalue weighted by atomic mass is 10.1. The van der Waals surface area contributed by atoms with Crippen molar-refractivity contribution in [3.05, 3.63) is 88.0 Å². The van der Waals surface area contributed by atoms with Crippen LogP contribution in [0, 0.1) is 10.1 Å². The van der Waals surface area contributed by atoms with Crippen LogP contribution >= 0.6 is 0 Å². The number of nitro benzene ring substituents is 1. The highest BCUT2D eigenvalue weighted by Gasteiger charge is 2.18. The summed E-state index contributed by atoms with van der Waals surface area (Å²) >= 11 is 0. The number of anilines is 1. The minimum atomic E-state index is -0.503. The Morgan fingerprint density at radius 2 is 1.97 bits per heavy atom. The summed E-state index contributed by atoms with van der Waals surface area (Å²) in [5.74, 6) is 0.514. The number of non-ortho nitro benzene ring substituents is 1. The van der Waals surface area contributed by atoms with Crippen LogP contribution < -0.4 is 10.2 Å². The number of carbonyl (C=O) groups excluding carboxylic acids is 1. The van der Waals surface area contributed by atoms with E-state index in [1.807, 2.05) is 29.0 Å². The summed E-state index contributed by atoms with van der Waals surface area (Å²) in [6, 6.07) is 14.4. The maximum Gasteiger partial charge on any atom is 0.270 e. The van der Waals surface area contributed by atoms with Crippen LogP contribution in [0.4, 0.5) is 11.4 Å². The number of benzene rings is 2. The summed E-state index contributed by atoms with van der Waals surface area (Å²) < 4.78 is 2.04. The lowest BCUT2D eigenvalue weighted by Crippen LogP contribution is -2.28. The van der Waals surface area contributed by atoms with Crippen LogP contribution in [0.25, 0.3) is 0 Å². The largest absolute Gasteiger partial charge is 0.377 e. The van der Waals surface area contributed by atoms with Crippen molar-refractivity contribution in [2.45, 2.75) is 13.0 Å². The Hall–Kier alpha value is -3.68. The zero-order chi connectivity index (χ0) is 20.8. The molecular formula is C21H23N5O3. The molecule has 0 fully saturated rings. The predicted octanol–water partition coefficient (Wildman–Crippen LogP) is 2.88.